The van der Waals surface area contributed by atoms with Gasteiger partial charge >= 0.3 is 0 Å². The van der Waals surface area contributed by atoms with Crippen LogP contribution in [0.4, 0.5) is 0 Å². The maximum Gasteiger partial charge on any atom is 0.195 e. The molecule has 0 radical (unpaired) electrons. The van der Waals surface area contributed by atoms with E-state index in [2.05, 4.69) is 45.5 Å². The summed E-state index contributed by atoms with van der Waals surface area (Å²) in [6, 6.07) is 4.45. The van der Waals surface area contributed by atoms with Crippen molar-refractivity contribution in [1.82, 2.24) is 24.6 Å². The normalized spacial score (nSPS) is 11.4. The zero-order valence-electron chi connectivity index (χ0n) is 12.2. The second kappa shape index (κ2) is 6.76. The van der Waals surface area contributed by atoms with Crippen molar-refractivity contribution in [2.45, 2.75) is 32.9 Å². The summed E-state index contributed by atoms with van der Waals surface area (Å²) in [5.41, 5.74) is 1.03. The third-order valence-corrected chi connectivity index (χ3v) is 3.78. The molecule has 0 saturated heterocycles. The number of hydrogen-bond acceptors (Lipinski definition) is 4. The van der Waals surface area contributed by atoms with Crippen LogP contribution < -0.4 is 0 Å². The Balaban J connectivity index is 2.09. The molecule has 0 aliphatic carbocycles. The lowest BCUT2D eigenvalue weighted by Crippen LogP contribution is -2.28. The molecule has 0 amide bonds. The molecule has 0 aliphatic heterocycles. The Hall–Kier alpha value is -1.53. The summed E-state index contributed by atoms with van der Waals surface area (Å²) in [5, 5.41) is 7.20. The number of nitrogens with zero attached hydrogens (tertiary/aromatic N) is 4. The molecule has 0 aliphatic rings. The Kier molecular flexibility index (Phi) is 5.03. The Morgan fingerprint density at radius 3 is 2.70 bits per heavy atom. The van der Waals surface area contributed by atoms with Crippen molar-refractivity contribution in [1.29, 1.82) is 0 Å². The number of aromatic amines is 1. The quantitative estimate of drug-likeness (QED) is 0.831. The van der Waals surface area contributed by atoms with Crippen LogP contribution in [-0.4, -0.2) is 44.3 Å². The van der Waals surface area contributed by atoms with Crippen LogP contribution in [-0.2, 0) is 6.54 Å². The fourth-order valence-corrected chi connectivity index (χ4v) is 2.21. The fraction of sp³-hybridized carbons (Fsp3) is 0.500. The molecule has 0 bridgehead atoms. The first-order valence-corrected chi connectivity index (χ1v) is 7.26. The van der Waals surface area contributed by atoms with E-state index in [9.17, 15) is 0 Å². The van der Waals surface area contributed by atoms with Gasteiger partial charge in [-0.05, 0) is 58.2 Å². The van der Waals surface area contributed by atoms with Gasteiger partial charge in [-0.15, -0.1) is 0 Å². The number of nitrogens with one attached hydrogen (secondary N) is 1. The average Bonchev–Trinajstić information content (AvgIpc) is 2.81. The van der Waals surface area contributed by atoms with Gasteiger partial charge in [-0.2, -0.15) is 5.10 Å². The average molecular weight is 291 g/mol. The van der Waals surface area contributed by atoms with Gasteiger partial charge in [0, 0.05) is 30.5 Å². The Labute approximate surface area is 124 Å². The first kappa shape index (κ1) is 14.9. The lowest BCUT2D eigenvalue weighted by atomic mass is 10.2. The number of pyridine rings is 1. The third kappa shape index (κ3) is 3.52. The summed E-state index contributed by atoms with van der Waals surface area (Å²) in [6.07, 6.45) is 4.58. The molecule has 5 nitrogen and oxygen atoms in total. The summed E-state index contributed by atoms with van der Waals surface area (Å²) < 4.78 is 2.72. The molecule has 0 aromatic carbocycles. The monoisotopic (exact) mass is 291 g/mol. The van der Waals surface area contributed by atoms with Crippen LogP contribution in [0.3, 0.4) is 0 Å². The topological polar surface area (TPSA) is 49.7 Å². The Bertz CT molecular complexity index is 587. The summed E-state index contributed by atoms with van der Waals surface area (Å²) in [4.78, 5) is 6.36. The van der Waals surface area contributed by atoms with E-state index in [4.69, 9.17) is 12.2 Å². The smallest absolute Gasteiger partial charge is 0.195 e. The molecule has 0 unspecified atom stereocenters. The van der Waals surface area contributed by atoms with Crippen LogP contribution >= 0.6 is 12.2 Å². The summed E-state index contributed by atoms with van der Waals surface area (Å²) in [6.45, 7) is 6.31. The number of aromatic nitrogens is 4. The van der Waals surface area contributed by atoms with Gasteiger partial charge in [0.2, 0.25) is 0 Å². The third-order valence-electron chi connectivity index (χ3n) is 3.47. The first-order chi connectivity index (χ1) is 9.59. The standard InChI is InChI=1S/C14H21N5S/c1-11(2)18(3)9-4-10-19-13(16-17-14(19)20)12-5-7-15-8-6-12/h5-8,11H,4,9-10H2,1-3H3,(H,17,20). The largest absolute Gasteiger partial charge is 0.304 e. The maximum atomic E-state index is 5.32. The zero-order chi connectivity index (χ0) is 14.5. The van der Waals surface area contributed by atoms with E-state index in [1.165, 1.54) is 0 Å². The van der Waals surface area contributed by atoms with Gasteiger partial charge in [0.05, 0.1) is 0 Å². The highest BCUT2D eigenvalue weighted by atomic mass is 32.1. The van der Waals surface area contributed by atoms with E-state index in [1.54, 1.807) is 12.4 Å². The first-order valence-electron chi connectivity index (χ1n) is 6.85. The summed E-state index contributed by atoms with van der Waals surface area (Å²) in [7, 11) is 2.14. The lowest BCUT2D eigenvalue weighted by molar-refractivity contribution is 0.265. The van der Waals surface area contributed by atoms with Crippen LogP contribution in [0.15, 0.2) is 24.5 Å². The highest BCUT2D eigenvalue weighted by Gasteiger charge is 2.09. The molecule has 20 heavy (non-hydrogen) atoms. The van der Waals surface area contributed by atoms with Crippen molar-refractivity contribution in [2.75, 3.05) is 13.6 Å². The zero-order valence-corrected chi connectivity index (χ0v) is 13.0. The van der Waals surface area contributed by atoms with Crippen molar-refractivity contribution in [2.24, 2.45) is 0 Å². The minimum atomic E-state index is 0.562. The summed E-state index contributed by atoms with van der Waals surface area (Å²) >= 11 is 5.32. The van der Waals surface area contributed by atoms with Gasteiger partial charge in [0.15, 0.2) is 10.6 Å². The molecule has 0 fully saturated rings. The number of rotatable bonds is 6. The van der Waals surface area contributed by atoms with E-state index < -0.39 is 0 Å². The molecule has 2 aromatic rings. The summed E-state index contributed by atoms with van der Waals surface area (Å²) in [5.74, 6) is 0.879. The van der Waals surface area contributed by atoms with Crippen LogP contribution in [0, 0.1) is 4.77 Å². The van der Waals surface area contributed by atoms with Crippen molar-refractivity contribution in [3.63, 3.8) is 0 Å². The van der Waals surface area contributed by atoms with Gasteiger partial charge in [-0.25, -0.2) is 0 Å². The second-order valence-electron chi connectivity index (χ2n) is 5.17. The molecular formula is C14H21N5S. The van der Waals surface area contributed by atoms with Crippen LogP contribution in [0.1, 0.15) is 20.3 Å². The molecule has 108 valence electrons. The number of hydrogen-bond donors (Lipinski definition) is 1. The molecule has 0 atom stereocenters. The fourth-order valence-electron chi connectivity index (χ4n) is 1.98. The lowest BCUT2D eigenvalue weighted by Gasteiger charge is -2.20. The molecule has 2 rings (SSSR count). The van der Waals surface area contributed by atoms with E-state index >= 15 is 0 Å². The van der Waals surface area contributed by atoms with Gasteiger partial charge in [0.25, 0.3) is 0 Å². The van der Waals surface area contributed by atoms with Crippen LogP contribution in [0.2, 0.25) is 0 Å². The molecule has 2 heterocycles. The molecule has 0 saturated carbocycles. The van der Waals surface area contributed by atoms with Gasteiger partial charge in [-0.3, -0.25) is 10.1 Å². The van der Waals surface area contributed by atoms with Gasteiger partial charge in [0.1, 0.15) is 0 Å². The minimum absolute atomic E-state index is 0.562. The van der Waals surface area contributed by atoms with Gasteiger partial charge < -0.3 is 9.47 Å². The molecule has 6 heteroatoms. The predicted molar refractivity (Wildman–Crippen MR) is 83.0 cm³/mol. The second-order valence-corrected chi connectivity index (χ2v) is 5.55. The Morgan fingerprint density at radius 1 is 1.35 bits per heavy atom. The van der Waals surface area contributed by atoms with Crippen molar-refractivity contribution < 1.29 is 0 Å². The van der Waals surface area contributed by atoms with E-state index in [0.717, 1.165) is 30.9 Å². The molecule has 1 N–H and O–H groups in total. The SMILES string of the molecule is CC(C)N(C)CCCn1c(-c2ccncc2)n[nH]c1=S. The highest BCUT2D eigenvalue weighted by Crippen LogP contribution is 2.16. The van der Waals surface area contributed by atoms with E-state index in [-0.39, 0.29) is 0 Å². The van der Waals surface area contributed by atoms with E-state index in [1.807, 2.05) is 12.1 Å². The predicted octanol–water partition coefficient (Wildman–Crippen LogP) is 2.73. The van der Waals surface area contributed by atoms with Crippen molar-refractivity contribution in [3.05, 3.63) is 29.3 Å². The molecular weight excluding hydrogens is 270 g/mol. The highest BCUT2D eigenvalue weighted by molar-refractivity contribution is 7.71. The van der Waals surface area contributed by atoms with Crippen molar-refractivity contribution >= 4 is 12.2 Å². The molecule has 2 aromatic heterocycles. The van der Waals surface area contributed by atoms with E-state index in [0.29, 0.717) is 10.8 Å². The van der Waals surface area contributed by atoms with Gasteiger partial charge in [-0.1, -0.05) is 0 Å². The maximum absolute atomic E-state index is 5.32. The molecule has 0 spiro atoms. The van der Waals surface area contributed by atoms with Crippen molar-refractivity contribution in [3.8, 4) is 11.4 Å². The van der Waals surface area contributed by atoms with Crippen LogP contribution in [0.25, 0.3) is 11.4 Å². The number of H-pyrrole nitrogens is 1. The Morgan fingerprint density at radius 2 is 2.05 bits per heavy atom. The minimum Gasteiger partial charge on any atom is -0.304 e. The van der Waals surface area contributed by atoms with Crippen LogP contribution in [0.5, 0.6) is 0 Å².